The average Bonchev–Trinajstić information content (AvgIpc) is 3.24. The summed E-state index contributed by atoms with van der Waals surface area (Å²) in [6, 6.07) is 0.280. The highest BCUT2D eigenvalue weighted by atomic mass is 35.5. The molecule has 2 aliphatic heterocycles. The zero-order valence-electron chi connectivity index (χ0n) is 17.5. The summed E-state index contributed by atoms with van der Waals surface area (Å²) in [5.74, 6) is 0.0884. The van der Waals surface area contributed by atoms with E-state index in [4.69, 9.17) is 16.3 Å². The van der Waals surface area contributed by atoms with Gasteiger partial charge in [0.15, 0.2) is 0 Å². The molecule has 1 N–H and O–H groups in total. The van der Waals surface area contributed by atoms with E-state index in [0.29, 0.717) is 13.2 Å². The molecule has 10 heteroatoms. The highest BCUT2D eigenvalue weighted by Gasteiger charge is 2.47. The molecular weight excluding hydrogens is 446 g/mol. The molecule has 7 nitrogen and oxygen atoms in total. The number of aliphatic hydroxyl groups is 1. The highest BCUT2D eigenvalue weighted by molar-refractivity contribution is 7.90. The first-order chi connectivity index (χ1) is 14.1. The lowest BCUT2D eigenvalue weighted by Gasteiger charge is -2.47. The van der Waals surface area contributed by atoms with Gasteiger partial charge in [0.2, 0.25) is 0 Å². The molecule has 1 spiro atoms. The zero-order chi connectivity index (χ0) is 21.7. The van der Waals surface area contributed by atoms with Crippen molar-refractivity contribution in [2.45, 2.75) is 57.5 Å². The number of thiophene rings is 1. The van der Waals surface area contributed by atoms with Crippen molar-refractivity contribution in [1.82, 2.24) is 14.7 Å². The summed E-state index contributed by atoms with van der Waals surface area (Å²) < 4.78 is 31.4. The van der Waals surface area contributed by atoms with Gasteiger partial charge in [0, 0.05) is 47.6 Å². The number of aliphatic hydroxyl groups excluding tert-OH is 1. The molecule has 4 heterocycles. The Balaban J connectivity index is 1.45. The number of ether oxygens (including phenoxy) is 1. The second-order valence-corrected chi connectivity index (χ2v) is 12.5. The van der Waals surface area contributed by atoms with E-state index in [9.17, 15) is 13.5 Å². The number of hydrogen-bond donors (Lipinski definition) is 1. The molecule has 3 atom stereocenters. The Kier molecular flexibility index (Phi) is 6.06. The smallest absolute Gasteiger partial charge is 0.149 e. The van der Waals surface area contributed by atoms with Crippen molar-refractivity contribution >= 4 is 32.8 Å². The number of fused-ring (bicyclic) bond motifs is 2. The summed E-state index contributed by atoms with van der Waals surface area (Å²) in [6.45, 7) is 6.47. The van der Waals surface area contributed by atoms with Gasteiger partial charge in [0.1, 0.15) is 21.5 Å². The summed E-state index contributed by atoms with van der Waals surface area (Å²) in [4.78, 5) is 3.49. The van der Waals surface area contributed by atoms with Crippen LogP contribution in [0.4, 0.5) is 0 Å². The summed E-state index contributed by atoms with van der Waals surface area (Å²) >= 11 is 7.95. The van der Waals surface area contributed by atoms with Gasteiger partial charge < -0.3 is 9.84 Å². The Labute approximate surface area is 186 Å². The first-order valence-corrected chi connectivity index (χ1v) is 13.4. The van der Waals surface area contributed by atoms with E-state index in [2.05, 4.69) is 16.9 Å². The van der Waals surface area contributed by atoms with Crippen LogP contribution in [-0.2, 0) is 33.3 Å². The van der Waals surface area contributed by atoms with Gasteiger partial charge in [-0.1, -0.05) is 11.6 Å². The number of hydrogen-bond acceptors (Lipinski definition) is 7. The largest absolute Gasteiger partial charge is 0.386 e. The first kappa shape index (κ1) is 22.2. The van der Waals surface area contributed by atoms with Gasteiger partial charge in [0.25, 0.3) is 0 Å². The van der Waals surface area contributed by atoms with Crippen molar-refractivity contribution in [3.8, 4) is 0 Å². The molecular formula is C20H28ClN3O4S2. The van der Waals surface area contributed by atoms with Crippen molar-refractivity contribution in [2.24, 2.45) is 0 Å². The molecule has 1 fully saturated rings. The standard InChI is InChI=1S/C20H28ClN3O4S2/c1-13-8-20(18-17(16(25)12-28-20)14(2)19(21)29-18)4-5-23(13)10-15-9-22-24(11-15)6-7-30(3,26)27/h9,11,13,16,25H,4-8,10,12H2,1-3H3. The number of rotatable bonds is 5. The maximum atomic E-state index is 11.4. The van der Waals surface area contributed by atoms with E-state index in [1.54, 1.807) is 16.0 Å². The van der Waals surface area contributed by atoms with Crippen LogP contribution in [0.25, 0.3) is 0 Å². The topological polar surface area (TPSA) is 84.7 Å². The van der Waals surface area contributed by atoms with Gasteiger partial charge in [-0.3, -0.25) is 9.58 Å². The Morgan fingerprint density at radius 3 is 2.93 bits per heavy atom. The molecule has 1 saturated heterocycles. The van der Waals surface area contributed by atoms with Crippen LogP contribution in [0.15, 0.2) is 12.4 Å². The number of aryl methyl sites for hydroxylation is 1. The van der Waals surface area contributed by atoms with Crippen molar-refractivity contribution in [2.75, 3.05) is 25.2 Å². The minimum Gasteiger partial charge on any atom is -0.386 e. The van der Waals surface area contributed by atoms with E-state index in [0.717, 1.165) is 51.8 Å². The van der Waals surface area contributed by atoms with E-state index in [-0.39, 0.29) is 17.4 Å². The molecule has 0 saturated carbocycles. The lowest BCUT2D eigenvalue weighted by atomic mass is 9.81. The molecule has 0 aromatic carbocycles. The lowest BCUT2D eigenvalue weighted by molar-refractivity contribution is -0.139. The molecule has 0 radical (unpaired) electrons. The fourth-order valence-corrected chi connectivity index (χ4v) is 6.68. The van der Waals surface area contributed by atoms with Crippen LogP contribution >= 0.6 is 22.9 Å². The van der Waals surface area contributed by atoms with E-state index in [1.807, 2.05) is 19.3 Å². The Hall–Kier alpha value is -0.970. The molecule has 0 bridgehead atoms. The second kappa shape index (κ2) is 8.18. The molecule has 0 amide bonds. The molecule has 2 aliphatic rings. The van der Waals surface area contributed by atoms with Gasteiger partial charge in [-0.05, 0) is 32.3 Å². The maximum Gasteiger partial charge on any atom is 0.149 e. The molecule has 3 unspecified atom stereocenters. The quantitative estimate of drug-likeness (QED) is 0.718. The van der Waals surface area contributed by atoms with Crippen LogP contribution in [0.1, 0.15) is 47.4 Å². The Morgan fingerprint density at radius 2 is 2.23 bits per heavy atom. The molecule has 2 aromatic heterocycles. The lowest BCUT2D eigenvalue weighted by Crippen LogP contribution is -2.50. The van der Waals surface area contributed by atoms with Crippen LogP contribution in [0.2, 0.25) is 4.34 Å². The second-order valence-electron chi connectivity index (χ2n) is 8.58. The summed E-state index contributed by atoms with van der Waals surface area (Å²) in [5, 5.41) is 14.7. The number of sulfone groups is 1. The summed E-state index contributed by atoms with van der Waals surface area (Å²) in [7, 11) is -3.01. The van der Waals surface area contributed by atoms with Crippen molar-refractivity contribution in [1.29, 1.82) is 0 Å². The Bertz CT molecular complexity index is 1040. The third-order valence-corrected chi connectivity index (χ3v) is 8.94. The minimum absolute atomic E-state index is 0.0884. The molecule has 166 valence electrons. The fourth-order valence-electron chi connectivity index (χ4n) is 4.55. The number of aromatic nitrogens is 2. The van der Waals surface area contributed by atoms with Gasteiger partial charge in [0.05, 0.1) is 29.4 Å². The maximum absolute atomic E-state index is 11.4. The third kappa shape index (κ3) is 4.33. The van der Waals surface area contributed by atoms with E-state index < -0.39 is 15.9 Å². The first-order valence-electron chi connectivity index (χ1n) is 10.1. The van der Waals surface area contributed by atoms with Crippen molar-refractivity contribution in [3.63, 3.8) is 0 Å². The minimum atomic E-state index is -3.01. The van der Waals surface area contributed by atoms with Crippen molar-refractivity contribution < 1.29 is 18.3 Å². The molecule has 2 aromatic rings. The van der Waals surface area contributed by atoms with E-state index >= 15 is 0 Å². The normalized spacial score (nSPS) is 27.5. The zero-order valence-corrected chi connectivity index (χ0v) is 19.9. The molecule has 4 rings (SSSR count). The summed E-state index contributed by atoms with van der Waals surface area (Å²) in [6.07, 6.45) is 6.05. The SMILES string of the molecule is Cc1c(Cl)sc2c1C(O)COC21CCN(Cc2cnn(CCS(C)(=O)=O)c2)C(C)C1. The van der Waals surface area contributed by atoms with Gasteiger partial charge in [-0.2, -0.15) is 5.10 Å². The van der Waals surface area contributed by atoms with Crippen LogP contribution in [-0.4, -0.2) is 59.4 Å². The van der Waals surface area contributed by atoms with Crippen LogP contribution in [0.3, 0.4) is 0 Å². The highest BCUT2D eigenvalue weighted by Crippen LogP contribution is 2.51. The third-order valence-electron chi connectivity index (χ3n) is 6.21. The fraction of sp³-hybridized carbons (Fsp3) is 0.650. The van der Waals surface area contributed by atoms with Gasteiger partial charge in [-0.25, -0.2) is 8.42 Å². The van der Waals surface area contributed by atoms with E-state index in [1.165, 1.54) is 6.26 Å². The number of nitrogens with zero attached hydrogens (tertiary/aromatic N) is 3. The summed E-state index contributed by atoms with van der Waals surface area (Å²) in [5.41, 5.74) is 2.63. The average molecular weight is 474 g/mol. The number of likely N-dealkylation sites (tertiary alicyclic amines) is 1. The van der Waals surface area contributed by atoms with Crippen LogP contribution in [0.5, 0.6) is 0 Å². The van der Waals surface area contributed by atoms with Gasteiger partial charge in [-0.15, -0.1) is 11.3 Å². The number of piperidine rings is 1. The Morgan fingerprint density at radius 1 is 1.47 bits per heavy atom. The monoisotopic (exact) mass is 473 g/mol. The molecule has 30 heavy (non-hydrogen) atoms. The number of halogens is 1. The predicted molar refractivity (Wildman–Crippen MR) is 118 cm³/mol. The van der Waals surface area contributed by atoms with Crippen LogP contribution < -0.4 is 0 Å². The molecule has 0 aliphatic carbocycles. The predicted octanol–water partition coefficient (Wildman–Crippen LogP) is 2.89. The van der Waals surface area contributed by atoms with Gasteiger partial charge >= 0.3 is 0 Å². The van der Waals surface area contributed by atoms with Crippen molar-refractivity contribution in [3.05, 3.63) is 38.3 Å². The van der Waals surface area contributed by atoms with Crippen LogP contribution in [0, 0.1) is 6.92 Å².